The Kier molecular flexibility index (Phi) is 5.60. The van der Waals surface area contributed by atoms with E-state index in [-0.39, 0.29) is 11.3 Å². The monoisotopic (exact) mass is 288 g/mol. The number of carbonyl (C=O) groups excluding carboxylic acids is 1. The molecule has 0 saturated heterocycles. The standard InChI is InChI=1S/C13H21ClN2OS/c1-5-13(6-2,7-14)8-15-12(17)11-9(3)16-10(4)18-11/h5-8H2,1-4H3,(H,15,17). The van der Waals surface area contributed by atoms with E-state index in [0.29, 0.717) is 17.3 Å². The number of halogens is 1. The Hall–Kier alpha value is -0.610. The van der Waals surface area contributed by atoms with E-state index in [0.717, 1.165) is 23.5 Å². The van der Waals surface area contributed by atoms with E-state index in [4.69, 9.17) is 11.6 Å². The average molecular weight is 289 g/mol. The molecular weight excluding hydrogens is 268 g/mol. The van der Waals surface area contributed by atoms with Crippen LogP contribution in [-0.4, -0.2) is 23.3 Å². The van der Waals surface area contributed by atoms with Crippen LogP contribution in [0.3, 0.4) is 0 Å². The first kappa shape index (κ1) is 15.4. The lowest BCUT2D eigenvalue weighted by atomic mass is 9.84. The summed E-state index contributed by atoms with van der Waals surface area (Å²) in [7, 11) is 0. The van der Waals surface area contributed by atoms with Crippen molar-refractivity contribution in [2.75, 3.05) is 12.4 Å². The lowest BCUT2D eigenvalue weighted by Gasteiger charge is -2.29. The maximum atomic E-state index is 12.1. The molecule has 1 aromatic heterocycles. The fourth-order valence-electron chi connectivity index (χ4n) is 1.83. The first-order valence-electron chi connectivity index (χ1n) is 6.26. The summed E-state index contributed by atoms with van der Waals surface area (Å²) in [4.78, 5) is 17.1. The van der Waals surface area contributed by atoms with Gasteiger partial charge in [0.15, 0.2) is 0 Å². The molecule has 18 heavy (non-hydrogen) atoms. The van der Waals surface area contributed by atoms with Crippen LogP contribution in [0.4, 0.5) is 0 Å². The van der Waals surface area contributed by atoms with Gasteiger partial charge in [0.05, 0.1) is 10.7 Å². The number of alkyl halides is 1. The second kappa shape index (κ2) is 6.53. The van der Waals surface area contributed by atoms with Gasteiger partial charge in [-0.15, -0.1) is 22.9 Å². The van der Waals surface area contributed by atoms with Crippen LogP contribution in [0.15, 0.2) is 0 Å². The first-order valence-corrected chi connectivity index (χ1v) is 7.61. The number of nitrogens with one attached hydrogen (secondary N) is 1. The van der Waals surface area contributed by atoms with E-state index >= 15 is 0 Å². The van der Waals surface area contributed by atoms with Crippen molar-refractivity contribution in [3.05, 3.63) is 15.6 Å². The number of aryl methyl sites for hydroxylation is 2. The molecule has 1 aromatic rings. The topological polar surface area (TPSA) is 42.0 Å². The Morgan fingerprint density at radius 2 is 2.00 bits per heavy atom. The molecule has 1 amide bonds. The largest absolute Gasteiger partial charge is 0.351 e. The van der Waals surface area contributed by atoms with Gasteiger partial charge in [-0.25, -0.2) is 4.98 Å². The molecule has 0 radical (unpaired) electrons. The van der Waals surface area contributed by atoms with E-state index in [1.54, 1.807) is 0 Å². The molecule has 0 fully saturated rings. The van der Waals surface area contributed by atoms with Gasteiger partial charge >= 0.3 is 0 Å². The molecule has 0 aromatic carbocycles. The van der Waals surface area contributed by atoms with Crippen LogP contribution in [-0.2, 0) is 0 Å². The predicted molar refractivity (Wildman–Crippen MR) is 77.7 cm³/mol. The molecule has 1 rings (SSSR count). The van der Waals surface area contributed by atoms with Gasteiger partial charge in [-0.05, 0) is 26.7 Å². The quantitative estimate of drug-likeness (QED) is 0.814. The van der Waals surface area contributed by atoms with E-state index in [1.807, 2.05) is 13.8 Å². The second-order valence-electron chi connectivity index (χ2n) is 4.67. The van der Waals surface area contributed by atoms with Gasteiger partial charge in [0.2, 0.25) is 0 Å². The molecular formula is C13H21ClN2OS. The smallest absolute Gasteiger partial charge is 0.263 e. The van der Waals surface area contributed by atoms with E-state index in [9.17, 15) is 4.79 Å². The summed E-state index contributed by atoms with van der Waals surface area (Å²) in [5, 5.41) is 3.92. The van der Waals surface area contributed by atoms with Crippen LogP contribution < -0.4 is 5.32 Å². The molecule has 0 unspecified atom stereocenters. The van der Waals surface area contributed by atoms with Gasteiger partial charge in [0.1, 0.15) is 4.88 Å². The molecule has 1 N–H and O–H groups in total. The molecule has 0 atom stereocenters. The molecule has 0 saturated carbocycles. The average Bonchev–Trinajstić information content (AvgIpc) is 2.70. The number of carbonyl (C=O) groups is 1. The van der Waals surface area contributed by atoms with E-state index in [2.05, 4.69) is 24.1 Å². The zero-order valence-corrected chi connectivity index (χ0v) is 13.0. The van der Waals surface area contributed by atoms with Crippen molar-refractivity contribution in [2.45, 2.75) is 40.5 Å². The Morgan fingerprint density at radius 3 is 2.39 bits per heavy atom. The highest BCUT2D eigenvalue weighted by Crippen LogP contribution is 2.27. The molecule has 102 valence electrons. The fourth-order valence-corrected chi connectivity index (χ4v) is 3.13. The van der Waals surface area contributed by atoms with Gasteiger partial charge in [-0.2, -0.15) is 0 Å². The summed E-state index contributed by atoms with van der Waals surface area (Å²) < 4.78 is 0. The van der Waals surface area contributed by atoms with Gasteiger partial charge in [-0.1, -0.05) is 13.8 Å². The minimum Gasteiger partial charge on any atom is -0.351 e. The minimum atomic E-state index is -0.0329. The third kappa shape index (κ3) is 3.45. The minimum absolute atomic E-state index is 0.00481. The van der Waals surface area contributed by atoms with Crippen LogP contribution in [0.25, 0.3) is 0 Å². The lowest BCUT2D eigenvalue weighted by Crippen LogP contribution is -2.38. The zero-order valence-electron chi connectivity index (χ0n) is 11.5. The van der Waals surface area contributed by atoms with Crippen molar-refractivity contribution >= 4 is 28.8 Å². The van der Waals surface area contributed by atoms with E-state index in [1.165, 1.54) is 11.3 Å². The number of hydrogen-bond acceptors (Lipinski definition) is 3. The van der Waals surface area contributed by atoms with Crippen molar-refractivity contribution in [2.24, 2.45) is 5.41 Å². The normalized spacial score (nSPS) is 11.6. The first-order chi connectivity index (χ1) is 8.48. The van der Waals surface area contributed by atoms with Crippen LogP contribution in [0.5, 0.6) is 0 Å². The number of aromatic nitrogens is 1. The van der Waals surface area contributed by atoms with E-state index < -0.39 is 0 Å². The summed E-state index contributed by atoms with van der Waals surface area (Å²) in [6, 6.07) is 0. The molecule has 0 aliphatic heterocycles. The lowest BCUT2D eigenvalue weighted by molar-refractivity contribution is 0.0935. The number of thiazole rings is 1. The van der Waals surface area contributed by atoms with Crippen LogP contribution in [0.2, 0.25) is 0 Å². The summed E-state index contributed by atoms with van der Waals surface area (Å²) in [6.45, 7) is 8.63. The Morgan fingerprint density at radius 1 is 1.39 bits per heavy atom. The summed E-state index contributed by atoms with van der Waals surface area (Å²) in [6.07, 6.45) is 1.93. The number of hydrogen-bond donors (Lipinski definition) is 1. The molecule has 0 bridgehead atoms. The summed E-state index contributed by atoms with van der Waals surface area (Å²) in [5.74, 6) is 0.538. The van der Waals surface area contributed by atoms with Crippen molar-refractivity contribution in [1.82, 2.24) is 10.3 Å². The van der Waals surface area contributed by atoms with Crippen molar-refractivity contribution in [3.63, 3.8) is 0 Å². The van der Waals surface area contributed by atoms with Crippen molar-refractivity contribution < 1.29 is 4.79 Å². The number of amides is 1. The fraction of sp³-hybridized carbons (Fsp3) is 0.692. The van der Waals surface area contributed by atoms with Gasteiger partial charge in [0, 0.05) is 17.8 Å². The SMILES string of the molecule is CCC(CC)(CCl)CNC(=O)c1sc(C)nc1C. The number of nitrogens with zero attached hydrogens (tertiary/aromatic N) is 1. The van der Waals surface area contributed by atoms with Crippen molar-refractivity contribution in [1.29, 1.82) is 0 Å². The molecule has 3 nitrogen and oxygen atoms in total. The predicted octanol–water partition coefficient (Wildman–Crippen LogP) is 3.53. The second-order valence-corrected chi connectivity index (χ2v) is 6.14. The Balaban J connectivity index is 2.69. The molecule has 5 heteroatoms. The highest BCUT2D eigenvalue weighted by molar-refractivity contribution is 7.13. The maximum absolute atomic E-state index is 12.1. The third-order valence-corrected chi connectivity index (χ3v) is 5.16. The zero-order chi connectivity index (χ0) is 13.8. The van der Waals surface area contributed by atoms with Crippen molar-refractivity contribution in [3.8, 4) is 0 Å². The van der Waals surface area contributed by atoms with Crippen LogP contribution >= 0.6 is 22.9 Å². The molecule has 1 heterocycles. The summed E-state index contributed by atoms with van der Waals surface area (Å²) >= 11 is 7.47. The van der Waals surface area contributed by atoms with Crippen LogP contribution in [0.1, 0.15) is 47.1 Å². The Bertz CT molecular complexity index is 405. The molecule has 0 aliphatic carbocycles. The molecule has 0 spiro atoms. The van der Waals surface area contributed by atoms with Crippen LogP contribution in [0, 0.1) is 19.3 Å². The molecule has 0 aliphatic rings. The summed E-state index contributed by atoms with van der Waals surface area (Å²) in [5.41, 5.74) is 0.810. The number of rotatable bonds is 6. The van der Waals surface area contributed by atoms with Gasteiger partial charge in [0.25, 0.3) is 5.91 Å². The Labute approximate surface area is 118 Å². The maximum Gasteiger partial charge on any atom is 0.263 e. The third-order valence-electron chi connectivity index (χ3n) is 3.52. The van der Waals surface area contributed by atoms with Gasteiger partial charge < -0.3 is 5.32 Å². The highest BCUT2D eigenvalue weighted by Gasteiger charge is 2.26. The highest BCUT2D eigenvalue weighted by atomic mass is 35.5. The van der Waals surface area contributed by atoms with Gasteiger partial charge in [-0.3, -0.25) is 4.79 Å².